The van der Waals surface area contributed by atoms with E-state index >= 15 is 0 Å². The van der Waals surface area contributed by atoms with Crippen LogP contribution in [0, 0.1) is 0 Å². The maximum absolute atomic E-state index is 9.93. The second-order valence-corrected chi connectivity index (χ2v) is 5.90. The SMILES string of the molecule is CC1(O)CCCN(Cc2nnc(Cl)s2)C1. The van der Waals surface area contributed by atoms with E-state index in [1.54, 1.807) is 0 Å². The summed E-state index contributed by atoms with van der Waals surface area (Å²) in [7, 11) is 0. The van der Waals surface area contributed by atoms with Crippen LogP contribution in [-0.2, 0) is 6.54 Å². The summed E-state index contributed by atoms with van der Waals surface area (Å²) in [6.45, 7) is 4.32. The van der Waals surface area contributed by atoms with Gasteiger partial charge in [0.25, 0.3) is 0 Å². The molecule has 0 aliphatic carbocycles. The molecule has 1 aliphatic heterocycles. The van der Waals surface area contributed by atoms with Crippen LogP contribution in [0.2, 0.25) is 4.47 Å². The van der Waals surface area contributed by atoms with Crippen molar-refractivity contribution in [1.29, 1.82) is 0 Å². The fraction of sp³-hybridized carbons (Fsp3) is 0.778. The van der Waals surface area contributed by atoms with E-state index in [2.05, 4.69) is 15.1 Å². The minimum atomic E-state index is -0.563. The first-order chi connectivity index (χ1) is 7.05. The standard InChI is InChI=1S/C9H14ClN3OS/c1-9(14)3-2-4-13(6-9)5-7-11-12-8(10)15-7/h14H,2-6H2,1H3. The lowest BCUT2D eigenvalue weighted by Crippen LogP contribution is -2.45. The molecule has 0 amide bonds. The molecule has 4 nitrogen and oxygen atoms in total. The molecular formula is C9H14ClN3OS. The Balaban J connectivity index is 1.95. The van der Waals surface area contributed by atoms with Crippen molar-refractivity contribution in [2.45, 2.75) is 31.9 Å². The van der Waals surface area contributed by atoms with Crippen LogP contribution in [0.3, 0.4) is 0 Å². The molecule has 1 unspecified atom stereocenters. The van der Waals surface area contributed by atoms with Crippen LogP contribution in [-0.4, -0.2) is 38.9 Å². The molecule has 1 aliphatic rings. The zero-order chi connectivity index (χ0) is 10.9. The normalized spacial score (nSPS) is 28.2. The Morgan fingerprint density at radius 3 is 3.00 bits per heavy atom. The number of aliphatic hydroxyl groups is 1. The zero-order valence-corrected chi connectivity index (χ0v) is 10.2. The van der Waals surface area contributed by atoms with Gasteiger partial charge in [0.1, 0.15) is 5.01 Å². The molecule has 6 heteroatoms. The molecule has 1 aromatic heterocycles. The lowest BCUT2D eigenvalue weighted by atomic mass is 9.95. The number of nitrogens with zero attached hydrogens (tertiary/aromatic N) is 3. The largest absolute Gasteiger partial charge is 0.389 e. The fourth-order valence-corrected chi connectivity index (χ4v) is 2.86. The highest BCUT2D eigenvalue weighted by molar-refractivity contribution is 7.15. The summed E-state index contributed by atoms with van der Waals surface area (Å²) in [5, 5.41) is 18.6. The van der Waals surface area contributed by atoms with Crippen molar-refractivity contribution < 1.29 is 5.11 Å². The number of halogens is 1. The Labute approximate surface area is 97.9 Å². The van der Waals surface area contributed by atoms with E-state index in [9.17, 15) is 5.11 Å². The number of β-amino-alcohol motifs (C(OH)–C–C–N with tert-alkyl or cyclic N) is 1. The molecule has 0 saturated carbocycles. The highest BCUT2D eigenvalue weighted by Gasteiger charge is 2.28. The van der Waals surface area contributed by atoms with Crippen LogP contribution in [0.4, 0.5) is 0 Å². The van der Waals surface area contributed by atoms with E-state index in [0.717, 1.165) is 30.9 Å². The number of aromatic nitrogens is 2. The number of likely N-dealkylation sites (tertiary alicyclic amines) is 1. The lowest BCUT2D eigenvalue weighted by Gasteiger charge is -2.36. The van der Waals surface area contributed by atoms with E-state index in [0.29, 0.717) is 11.0 Å². The third-order valence-corrected chi connectivity index (χ3v) is 3.56. The van der Waals surface area contributed by atoms with Crippen molar-refractivity contribution in [2.24, 2.45) is 0 Å². The van der Waals surface area contributed by atoms with Crippen LogP contribution < -0.4 is 0 Å². The maximum Gasteiger partial charge on any atom is 0.207 e. The first-order valence-corrected chi connectivity index (χ1v) is 6.17. The molecule has 0 aromatic carbocycles. The van der Waals surface area contributed by atoms with Gasteiger partial charge in [0, 0.05) is 6.54 Å². The third-order valence-electron chi connectivity index (χ3n) is 2.55. The Hall–Kier alpha value is -0.230. The second kappa shape index (κ2) is 4.33. The first kappa shape index (κ1) is 11.3. The summed E-state index contributed by atoms with van der Waals surface area (Å²) in [6, 6.07) is 0. The Morgan fingerprint density at radius 2 is 2.40 bits per heavy atom. The third kappa shape index (κ3) is 3.11. The average Bonchev–Trinajstić information content (AvgIpc) is 2.49. The summed E-state index contributed by atoms with van der Waals surface area (Å²) in [6.07, 6.45) is 1.90. The van der Waals surface area contributed by atoms with Crippen molar-refractivity contribution >= 4 is 22.9 Å². The quantitative estimate of drug-likeness (QED) is 0.861. The molecule has 2 heterocycles. The molecule has 84 valence electrons. The van der Waals surface area contributed by atoms with Gasteiger partial charge >= 0.3 is 0 Å². The molecular weight excluding hydrogens is 234 g/mol. The van der Waals surface area contributed by atoms with Gasteiger partial charge in [-0.1, -0.05) is 11.3 Å². The predicted molar refractivity (Wildman–Crippen MR) is 60.1 cm³/mol. The van der Waals surface area contributed by atoms with Crippen molar-refractivity contribution in [3.63, 3.8) is 0 Å². The maximum atomic E-state index is 9.93. The van der Waals surface area contributed by atoms with Gasteiger partial charge in [0.2, 0.25) is 4.47 Å². The topological polar surface area (TPSA) is 49.2 Å². The lowest BCUT2D eigenvalue weighted by molar-refractivity contribution is -0.0182. The van der Waals surface area contributed by atoms with Gasteiger partial charge in [-0.3, -0.25) is 4.90 Å². The minimum Gasteiger partial charge on any atom is -0.389 e. The summed E-state index contributed by atoms with van der Waals surface area (Å²) >= 11 is 7.11. The smallest absolute Gasteiger partial charge is 0.207 e. The molecule has 0 radical (unpaired) electrons. The number of hydrogen-bond acceptors (Lipinski definition) is 5. The van der Waals surface area contributed by atoms with Gasteiger partial charge < -0.3 is 5.11 Å². The summed E-state index contributed by atoms with van der Waals surface area (Å²) in [5.74, 6) is 0. The predicted octanol–water partition coefficient (Wildman–Crippen LogP) is 1.54. The number of rotatable bonds is 2. The van der Waals surface area contributed by atoms with Crippen molar-refractivity contribution in [3.05, 3.63) is 9.47 Å². The van der Waals surface area contributed by atoms with Crippen molar-refractivity contribution in [2.75, 3.05) is 13.1 Å². The average molecular weight is 248 g/mol. The summed E-state index contributed by atoms with van der Waals surface area (Å²) in [5.41, 5.74) is -0.563. The molecule has 0 bridgehead atoms. The fourth-order valence-electron chi connectivity index (χ4n) is 1.95. The van der Waals surface area contributed by atoms with Crippen LogP contribution in [0.5, 0.6) is 0 Å². The Bertz CT molecular complexity index is 342. The van der Waals surface area contributed by atoms with Gasteiger partial charge in [0.05, 0.1) is 12.1 Å². The second-order valence-electron chi connectivity index (χ2n) is 4.26. The van der Waals surface area contributed by atoms with Crippen LogP contribution in [0.25, 0.3) is 0 Å². The first-order valence-electron chi connectivity index (χ1n) is 4.98. The highest BCUT2D eigenvalue weighted by Crippen LogP contribution is 2.23. The molecule has 1 N–H and O–H groups in total. The highest BCUT2D eigenvalue weighted by atomic mass is 35.5. The minimum absolute atomic E-state index is 0.480. The van der Waals surface area contributed by atoms with Crippen LogP contribution >= 0.6 is 22.9 Å². The monoisotopic (exact) mass is 247 g/mol. The molecule has 1 saturated heterocycles. The number of hydrogen-bond donors (Lipinski definition) is 1. The van der Waals surface area contributed by atoms with Gasteiger partial charge in [-0.2, -0.15) is 0 Å². The van der Waals surface area contributed by atoms with Crippen LogP contribution in [0.15, 0.2) is 0 Å². The Kier molecular flexibility index (Phi) is 3.25. The van der Waals surface area contributed by atoms with Crippen molar-refractivity contribution in [3.8, 4) is 0 Å². The number of piperidine rings is 1. The van der Waals surface area contributed by atoms with E-state index in [-0.39, 0.29) is 0 Å². The van der Waals surface area contributed by atoms with Crippen molar-refractivity contribution in [1.82, 2.24) is 15.1 Å². The van der Waals surface area contributed by atoms with E-state index in [4.69, 9.17) is 11.6 Å². The molecule has 0 spiro atoms. The van der Waals surface area contributed by atoms with E-state index in [1.165, 1.54) is 11.3 Å². The van der Waals surface area contributed by atoms with Gasteiger partial charge in [0.15, 0.2) is 0 Å². The van der Waals surface area contributed by atoms with Gasteiger partial charge in [-0.25, -0.2) is 0 Å². The van der Waals surface area contributed by atoms with Crippen LogP contribution in [0.1, 0.15) is 24.8 Å². The Morgan fingerprint density at radius 1 is 1.60 bits per heavy atom. The summed E-state index contributed by atoms with van der Waals surface area (Å²) in [4.78, 5) is 2.19. The van der Waals surface area contributed by atoms with Gasteiger partial charge in [-0.15, -0.1) is 10.2 Å². The van der Waals surface area contributed by atoms with E-state index in [1.807, 2.05) is 6.92 Å². The molecule has 1 atom stereocenters. The molecule has 2 rings (SSSR count). The molecule has 1 fully saturated rings. The summed E-state index contributed by atoms with van der Waals surface area (Å²) < 4.78 is 0.480. The van der Waals surface area contributed by atoms with Gasteiger partial charge in [-0.05, 0) is 37.9 Å². The molecule has 1 aromatic rings. The van der Waals surface area contributed by atoms with E-state index < -0.39 is 5.60 Å². The zero-order valence-electron chi connectivity index (χ0n) is 8.61. The molecule has 15 heavy (non-hydrogen) atoms.